The highest BCUT2D eigenvalue weighted by molar-refractivity contribution is 5.77. The Bertz CT molecular complexity index is 1770. The molecule has 0 bridgehead atoms. The van der Waals surface area contributed by atoms with Crippen LogP contribution in [0.4, 0.5) is 21.7 Å². The number of aromatic nitrogens is 5. The Morgan fingerprint density at radius 2 is 1.95 bits per heavy atom. The Morgan fingerprint density at radius 3 is 2.63 bits per heavy atom. The normalized spacial score (nSPS) is 24.1. The third kappa shape index (κ3) is 4.44. The van der Waals surface area contributed by atoms with Gasteiger partial charge in [0.2, 0.25) is 5.95 Å². The standard InChI is InChI=1S/C32H37FN8O2/c1-5-15-40-29(42)23-18-34-30(35-21-7-9-22(10-8-21)39-16-12-25(38(3)4)24(33)19-39)37-28(23)41(40)26-11-6-20-17-32(13-14-32)31(2,43)27(20)36-26/h5-11,18,24-25,43H,1,12-17,19H2,2-4H3,(H,34,35,37). The fraction of sp³-hybridized carbons (Fsp3) is 0.438. The zero-order valence-electron chi connectivity index (χ0n) is 24.8. The molecule has 0 amide bonds. The van der Waals surface area contributed by atoms with Gasteiger partial charge in [0, 0.05) is 35.6 Å². The molecule has 1 aliphatic heterocycles. The second-order valence-corrected chi connectivity index (χ2v) is 12.6. The number of nitrogens with one attached hydrogen (secondary N) is 1. The first kappa shape index (κ1) is 27.7. The number of rotatable bonds is 7. The lowest BCUT2D eigenvalue weighted by Crippen LogP contribution is -2.50. The molecule has 1 saturated carbocycles. The highest BCUT2D eigenvalue weighted by Gasteiger charge is 2.62. The Balaban J connectivity index is 1.19. The molecule has 1 saturated heterocycles. The first-order valence-electron chi connectivity index (χ1n) is 14.9. The van der Waals surface area contributed by atoms with E-state index in [-0.39, 0.29) is 23.6 Å². The summed E-state index contributed by atoms with van der Waals surface area (Å²) in [4.78, 5) is 31.5. The lowest BCUT2D eigenvalue weighted by Gasteiger charge is -2.39. The predicted molar refractivity (Wildman–Crippen MR) is 165 cm³/mol. The van der Waals surface area contributed by atoms with Gasteiger partial charge in [-0.15, -0.1) is 6.58 Å². The highest BCUT2D eigenvalue weighted by Crippen LogP contribution is 2.64. The van der Waals surface area contributed by atoms with Gasteiger partial charge in [-0.05, 0) is 82.6 Å². The molecular weight excluding hydrogens is 547 g/mol. The fourth-order valence-electron chi connectivity index (χ4n) is 6.96. The van der Waals surface area contributed by atoms with Gasteiger partial charge in [-0.3, -0.25) is 4.79 Å². The summed E-state index contributed by atoms with van der Waals surface area (Å²) in [6.07, 6.45) is 5.81. The van der Waals surface area contributed by atoms with E-state index in [2.05, 4.69) is 21.8 Å². The van der Waals surface area contributed by atoms with Gasteiger partial charge in [0.25, 0.3) is 5.56 Å². The van der Waals surface area contributed by atoms with Gasteiger partial charge in [-0.1, -0.05) is 12.1 Å². The lowest BCUT2D eigenvalue weighted by atomic mass is 9.88. The number of alkyl halides is 1. The molecule has 2 aliphatic carbocycles. The SMILES string of the molecule is C=CCn1c(=O)c2cnc(Nc3ccc(N4CCC(N(C)C)C(F)C4)cc3)nc2n1-c1ccc2c(n1)C(C)(O)C1(CC1)C2. The molecule has 224 valence electrons. The van der Waals surface area contributed by atoms with E-state index in [1.54, 1.807) is 10.8 Å². The third-order valence-electron chi connectivity index (χ3n) is 9.69. The van der Waals surface area contributed by atoms with Crippen molar-refractivity contribution in [3.8, 4) is 5.82 Å². The molecule has 0 radical (unpaired) electrons. The zero-order chi connectivity index (χ0) is 30.1. The molecule has 2 N–H and O–H groups in total. The summed E-state index contributed by atoms with van der Waals surface area (Å²) < 4.78 is 18.0. The number of hydrogen-bond donors (Lipinski definition) is 2. The van der Waals surface area contributed by atoms with E-state index in [9.17, 15) is 14.3 Å². The number of hydrogen-bond acceptors (Lipinski definition) is 8. The molecule has 1 spiro atoms. The molecule has 10 nitrogen and oxygen atoms in total. The maximum atomic E-state index is 14.7. The van der Waals surface area contributed by atoms with Gasteiger partial charge in [-0.2, -0.15) is 4.98 Å². The van der Waals surface area contributed by atoms with Crippen LogP contribution in [-0.4, -0.2) is 73.7 Å². The molecule has 2 fully saturated rings. The monoisotopic (exact) mass is 584 g/mol. The second kappa shape index (κ2) is 9.99. The van der Waals surface area contributed by atoms with Gasteiger partial charge >= 0.3 is 0 Å². The first-order valence-corrected chi connectivity index (χ1v) is 14.9. The average molecular weight is 585 g/mol. The Morgan fingerprint density at radius 1 is 1.19 bits per heavy atom. The van der Waals surface area contributed by atoms with Crippen LogP contribution in [0.5, 0.6) is 0 Å². The molecule has 4 aromatic rings. The fourth-order valence-corrected chi connectivity index (χ4v) is 6.96. The van der Waals surface area contributed by atoms with E-state index in [0.717, 1.165) is 49.2 Å². The smallest absolute Gasteiger partial charge is 0.278 e. The minimum Gasteiger partial charge on any atom is -0.383 e. The third-order valence-corrected chi connectivity index (χ3v) is 9.69. The molecule has 1 aromatic carbocycles. The van der Waals surface area contributed by atoms with E-state index in [0.29, 0.717) is 35.0 Å². The van der Waals surface area contributed by atoms with Gasteiger partial charge in [-0.25, -0.2) is 23.7 Å². The summed E-state index contributed by atoms with van der Waals surface area (Å²) in [7, 11) is 3.85. The van der Waals surface area contributed by atoms with Crippen molar-refractivity contribution in [2.24, 2.45) is 5.41 Å². The summed E-state index contributed by atoms with van der Waals surface area (Å²) in [5.41, 5.74) is 2.45. The summed E-state index contributed by atoms with van der Waals surface area (Å²) in [5, 5.41) is 15.0. The number of allylic oxidation sites excluding steroid dienone is 1. The molecule has 4 heterocycles. The molecule has 11 heteroatoms. The Hall–Kier alpha value is -4.09. The van der Waals surface area contributed by atoms with Crippen molar-refractivity contribution >= 4 is 28.4 Å². The molecule has 3 aliphatic rings. The summed E-state index contributed by atoms with van der Waals surface area (Å²) in [5.74, 6) is 0.828. The predicted octanol–water partition coefficient (Wildman–Crippen LogP) is 3.93. The van der Waals surface area contributed by atoms with Crippen LogP contribution in [0.1, 0.15) is 37.4 Å². The molecular formula is C32H37FN8O2. The van der Waals surface area contributed by atoms with Gasteiger partial charge in [0.05, 0.1) is 18.8 Å². The van der Waals surface area contributed by atoms with Gasteiger partial charge in [0.1, 0.15) is 17.2 Å². The minimum atomic E-state index is -1.02. The summed E-state index contributed by atoms with van der Waals surface area (Å²) in [6.45, 7) is 7.09. The minimum absolute atomic E-state index is 0.0574. The van der Waals surface area contributed by atoms with Crippen LogP contribution in [0.15, 0.2) is 60.0 Å². The van der Waals surface area contributed by atoms with Crippen molar-refractivity contribution in [1.82, 2.24) is 29.2 Å². The topological polar surface area (TPSA) is 104 Å². The quantitative estimate of drug-likeness (QED) is 0.315. The maximum absolute atomic E-state index is 14.7. The number of piperidine rings is 1. The first-order chi connectivity index (χ1) is 20.6. The van der Waals surface area contributed by atoms with Crippen molar-refractivity contribution in [2.75, 3.05) is 37.4 Å². The van der Waals surface area contributed by atoms with E-state index >= 15 is 0 Å². The van der Waals surface area contributed by atoms with Crippen molar-refractivity contribution in [2.45, 2.75) is 57.0 Å². The molecule has 3 aromatic heterocycles. The number of halogens is 1. The molecule has 3 atom stereocenters. The molecule has 43 heavy (non-hydrogen) atoms. The van der Waals surface area contributed by atoms with Crippen LogP contribution in [0.2, 0.25) is 0 Å². The van der Waals surface area contributed by atoms with E-state index in [4.69, 9.17) is 9.97 Å². The highest BCUT2D eigenvalue weighted by atomic mass is 19.1. The van der Waals surface area contributed by atoms with Crippen LogP contribution < -0.4 is 15.8 Å². The van der Waals surface area contributed by atoms with E-state index in [1.807, 2.05) is 62.3 Å². The lowest BCUT2D eigenvalue weighted by molar-refractivity contribution is -0.0102. The Kier molecular flexibility index (Phi) is 6.44. The number of nitrogens with zero attached hydrogens (tertiary/aromatic N) is 7. The van der Waals surface area contributed by atoms with Crippen LogP contribution in [0.3, 0.4) is 0 Å². The van der Waals surface area contributed by atoms with Crippen LogP contribution in [0, 0.1) is 5.41 Å². The van der Waals surface area contributed by atoms with Crippen molar-refractivity contribution in [1.29, 1.82) is 0 Å². The van der Waals surface area contributed by atoms with Crippen molar-refractivity contribution < 1.29 is 9.50 Å². The number of benzene rings is 1. The van der Waals surface area contributed by atoms with Crippen LogP contribution in [-0.2, 0) is 18.6 Å². The molecule has 7 rings (SSSR count). The number of fused-ring (bicyclic) bond motifs is 2. The summed E-state index contributed by atoms with van der Waals surface area (Å²) in [6, 6.07) is 11.6. The van der Waals surface area contributed by atoms with Gasteiger partial charge in [0.15, 0.2) is 11.5 Å². The second-order valence-electron chi connectivity index (χ2n) is 12.6. The number of anilines is 3. The summed E-state index contributed by atoms with van der Waals surface area (Å²) >= 11 is 0. The van der Waals surface area contributed by atoms with Crippen LogP contribution in [0.25, 0.3) is 16.9 Å². The van der Waals surface area contributed by atoms with Crippen molar-refractivity contribution in [3.05, 3.63) is 76.9 Å². The van der Waals surface area contributed by atoms with Crippen LogP contribution >= 0.6 is 0 Å². The zero-order valence-corrected chi connectivity index (χ0v) is 24.8. The maximum Gasteiger partial charge on any atom is 0.278 e. The largest absolute Gasteiger partial charge is 0.383 e. The average Bonchev–Trinajstić information content (AvgIpc) is 3.68. The van der Waals surface area contributed by atoms with E-state index < -0.39 is 11.8 Å². The molecule has 3 unspecified atom stereocenters. The van der Waals surface area contributed by atoms with E-state index in [1.165, 1.54) is 10.9 Å². The van der Waals surface area contributed by atoms with Crippen molar-refractivity contribution in [3.63, 3.8) is 0 Å². The Labute approximate surface area is 249 Å². The number of pyridine rings is 1. The number of aliphatic hydroxyl groups is 1. The van der Waals surface area contributed by atoms with Gasteiger partial charge < -0.3 is 20.2 Å².